The Hall–Kier alpha value is -1.79. The third-order valence-corrected chi connectivity index (χ3v) is 3.75. The molecule has 120 valence electrons. The maximum atomic E-state index is 12.4. The number of carbonyl (C=O) groups is 1. The van der Waals surface area contributed by atoms with Crippen molar-refractivity contribution in [3.8, 4) is 0 Å². The van der Waals surface area contributed by atoms with E-state index in [2.05, 4.69) is 0 Å². The van der Waals surface area contributed by atoms with Crippen LogP contribution in [0.3, 0.4) is 0 Å². The highest BCUT2D eigenvalue weighted by molar-refractivity contribution is 5.91. The van der Waals surface area contributed by atoms with E-state index in [0.717, 1.165) is 0 Å². The lowest BCUT2D eigenvalue weighted by Gasteiger charge is -2.36. The fourth-order valence-electron chi connectivity index (χ4n) is 2.88. The van der Waals surface area contributed by atoms with Gasteiger partial charge in [0.1, 0.15) is 11.5 Å². The number of furan rings is 1. The van der Waals surface area contributed by atoms with Gasteiger partial charge in [0, 0.05) is 19.6 Å². The van der Waals surface area contributed by atoms with E-state index in [1.165, 1.54) is 0 Å². The fourth-order valence-corrected chi connectivity index (χ4v) is 2.88. The minimum Gasteiger partial charge on any atom is -0.469 e. The van der Waals surface area contributed by atoms with E-state index in [9.17, 15) is 4.79 Å². The molecule has 2 aliphatic rings. The number of rotatable bonds is 5. The average Bonchev–Trinajstić information content (AvgIpc) is 3.01. The van der Waals surface area contributed by atoms with Gasteiger partial charge in [-0.1, -0.05) is 0 Å². The predicted molar refractivity (Wildman–Crippen MR) is 75.7 cm³/mol. The first-order chi connectivity index (χ1) is 10.7. The maximum Gasteiger partial charge on any atom is 0.340 e. The van der Waals surface area contributed by atoms with Gasteiger partial charge in [0.05, 0.1) is 24.2 Å². The Kier molecular flexibility index (Phi) is 4.49. The lowest BCUT2D eigenvalue weighted by Crippen LogP contribution is -2.37. The van der Waals surface area contributed by atoms with Crippen LogP contribution in [0.4, 0.5) is 0 Å². The van der Waals surface area contributed by atoms with Gasteiger partial charge in [-0.05, 0) is 26.0 Å². The second-order valence-corrected chi connectivity index (χ2v) is 5.14. The molecule has 0 amide bonds. The van der Waals surface area contributed by atoms with E-state index in [0.29, 0.717) is 43.1 Å². The predicted octanol–water partition coefficient (Wildman–Crippen LogP) is 2.71. The minimum atomic E-state index is -0.603. The Morgan fingerprint density at radius 2 is 1.95 bits per heavy atom. The molecule has 0 aliphatic carbocycles. The molecule has 0 saturated heterocycles. The molecule has 0 spiro atoms. The molecular formula is C16H20O6. The van der Waals surface area contributed by atoms with Gasteiger partial charge in [0.2, 0.25) is 6.29 Å². The Labute approximate surface area is 129 Å². The summed E-state index contributed by atoms with van der Waals surface area (Å²) in [5, 5.41) is 0. The van der Waals surface area contributed by atoms with Gasteiger partial charge in [-0.15, -0.1) is 0 Å². The fraction of sp³-hybridized carbons (Fsp3) is 0.562. The van der Waals surface area contributed by atoms with Gasteiger partial charge in [-0.2, -0.15) is 0 Å². The highest BCUT2D eigenvalue weighted by atomic mass is 16.7. The second kappa shape index (κ2) is 6.54. The summed E-state index contributed by atoms with van der Waals surface area (Å²) >= 11 is 0. The maximum absolute atomic E-state index is 12.4. The van der Waals surface area contributed by atoms with Crippen molar-refractivity contribution in [2.45, 2.75) is 45.2 Å². The Morgan fingerprint density at radius 3 is 2.64 bits per heavy atom. The van der Waals surface area contributed by atoms with Gasteiger partial charge in [-0.25, -0.2) is 4.79 Å². The number of hydrogen-bond donors (Lipinski definition) is 0. The first-order valence-corrected chi connectivity index (χ1v) is 7.60. The van der Waals surface area contributed by atoms with Gasteiger partial charge in [-0.3, -0.25) is 0 Å². The average molecular weight is 308 g/mol. The van der Waals surface area contributed by atoms with E-state index in [1.807, 2.05) is 19.9 Å². The van der Waals surface area contributed by atoms with E-state index in [4.69, 9.17) is 23.4 Å². The van der Waals surface area contributed by atoms with Crippen molar-refractivity contribution in [2.24, 2.45) is 0 Å². The third-order valence-electron chi connectivity index (χ3n) is 3.75. The van der Waals surface area contributed by atoms with Crippen LogP contribution in [0.2, 0.25) is 0 Å². The quantitative estimate of drug-likeness (QED) is 0.779. The molecule has 1 aromatic heterocycles. The number of carbonyl (C=O) groups excluding carboxylic acids is 1. The summed E-state index contributed by atoms with van der Waals surface area (Å²) in [5.74, 6) is 0.675. The number of cyclic esters (lactones) is 1. The van der Waals surface area contributed by atoms with Crippen LogP contribution in [0, 0.1) is 0 Å². The molecule has 0 bridgehead atoms. The van der Waals surface area contributed by atoms with Crippen LogP contribution in [0.25, 0.3) is 0 Å². The topological polar surface area (TPSA) is 67.1 Å². The molecule has 3 unspecified atom stereocenters. The van der Waals surface area contributed by atoms with Crippen LogP contribution in [-0.2, 0) is 23.7 Å². The number of ether oxygens (including phenoxy) is 4. The number of esters is 1. The van der Waals surface area contributed by atoms with Crippen molar-refractivity contribution in [1.82, 2.24) is 0 Å². The van der Waals surface area contributed by atoms with E-state index in [1.54, 1.807) is 12.3 Å². The van der Waals surface area contributed by atoms with Gasteiger partial charge >= 0.3 is 5.97 Å². The Morgan fingerprint density at radius 1 is 1.18 bits per heavy atom. The standard InChI is InChI=1S/C16H20O6/c1-3-18-13-8-10(11-6-5-7-20-11)15-12(21-13)9-14(19-4-2)22-16(15)17/h5-7,10,13-14H,3-4,8-9H2,1-2H3. The summed E-state index contributed by atoms with van der Waals surface area (Å²) in [5.41, 5.74) is 0.516. The molecule has 0 saturated carbocycles. The molecule has 0 aromatic carbocycles. The molecule has 1 aromatic rings. The molecule has 6 nitrogen and oxygen atoms in total. The first-order valence-electron chi connectivity index (χ1n) is 7.60. The van der Waals surface area contributed by atoms with Crippen molar-refractivity contribution in [3.05, 3.63) is 35.5 Å². The highest BCUT2D eigenvalue weighted by Crippen LogP contribution is 2.42. The summed E-state index contributed by atoms with van der Waals surface area (Å²) in [7, 11) is 0. The summed E-state index contributed by atoms with van der Waals surface area (Å²) in [4.78, 5) is 12.4. The Bertz CT molecular complexity index is 543. The van der Waals surface area contributed by atoms with Crippen molar-refractivity contribution in [3.63, 3.8) is 0 Å². The summed E-state index contributed by atoms with van der Waals surface area (Å²) in [6, 6.07) is 3.66. The second-order valence-electron chi connectivity index (χ2n) is 5.14. The van der Waals surface area contributed by atoms with Gasteiger partial charge < -0.3 is 23.4 Å². The van der Waals surface area contributed by atoms with Crippen molar-refractivity contribution in [1.29, 1.82) is 0 Å². The van der Waals surface area contributed by atoms with Crippen molar-refractivity contribution < 1.29 is 28.2 Å². The zero-order valence-corrected chi connectivity index (χ0v) is 12.7. The van der Waals surface area contributed by atoms with E-state index < -0.39 is 18.5 Å². The van der Waals surface area contributed by atoms with Gasteiger partial charge in [0.25, 0.3) is 0 Å². The van der Waals surface area contributed by atoms with E-state index in [-0.39, 0.29) is 5.92 Å². The molecular weight excluding hydrogens is 288 g/mol. The van der Waals surface area contributed by atoms with Gasteiger partial charge in [0.15, 0.2) is 6.29 Å². The smallest absolute Gasteiger partial charge is 0.340 e. The largest absolute Gasteiger partial charge is 0.469 e. The van der Waals surface area contributed by atoms with Crippen molar-refractivity contribution >= 4 is 5.97 Å². The third kappa shape index (κ3) is 2.89. The van der Waals surface area contributed by atoms with Crippen LogP contribution in [0.15, 0.2) is 34.1 Å². The van der Waals surface area contributed by atoms with Crippen LogP contribution in [0.5, 0.6) is 0 Å². The minimum absolute atomic E-state index is 0.217. The molecule has 3 heterocycles. The molecule has 3 atom stereocenters. The summed E-state index contributed by atoms with van der Waals surface area (Å²) in [6.45, 7) is 4.77. The van der Waals surface area contributed by atoms with E-state index >= 15 is 0 Å². The van der Waals surface area contributed by atoms with Crippen LogP contribution in [0.1, 0.15) is 38.4 Å². The molecule has 6 heteroatoms. The SMILES string of the molecule is CCOC1CC2=C(C(=O)O1)C(c1ccco1)CC(OCC)O2. The zero-order valence-electron chi connectivity index (χ0n) is 12.7. The van der Waals surface area contributed by atoms with Crippen LogP contribution < -0.4 is 0 Å². The molecule has 0 radical (unpaired) electrons. The first kappa shape index (κ1) is 15.1. The van der Waals surface area contributed by atoms with Crippen LogP contribution >= 0.6 is 0 Å². The monoisotopic (exact) mass is 308 g/mol. The summed E-state index contributed by atoms with van der Waals surface area (Å²) < 4.78 is 27.7. The molecule has 2 aliphatic heterocycles. The molecule has 22 heavy (non-hydrogen) atoms. The number of hydrogen-bond acceptors (Lipinski definition) is 6. The lowest BCUT2D eigenvalue weighted by atomic mass is 9.88. The molecule has 0 N–H and O–H groups in total. The van der Waals surface area contributed by atoms with Crippen LogP contribution in [-0.4, -0.2) is 31.8 Å². The Balaban J connectivity index is 1.92. The highest BCUT2D eigenvalue weighted by Gasteiger charge is 2.42. The zero-order chi connectivity index (χ0) is 15.5. The normalized spacial score (nSPS) is 28.1. The molecule has 0 fully saturated rings. The van der Waals surface area contributed by atoms with Crippen molar-refractivity contribution in [2.75, 3.05) is 13.2 Å². The molecule has 3 rings (SSSR count). The summed E-state index contributed by atoms with van der Waals surface area (Å²) in [6.07, 6.45) is 1.52. The lowest BCUT2D eigenvalue weighted by molar-refractivity contribution is -0.191.